The summed E-state index contributed by atoms with van der Waals surface area (Å²) in [5, 5.41) is 2.65. The summed E-state index contributed by atoms with van der Waals surface area (Å²) in [4.78, 5) is 40.3. The first-order valence-electron chi connectivity index (χ1n) is 12.2. The number of benzene rings is 3. The van der Waals surface area contributed by atoms with Gasteiger partial charge in [-0.25, -0.2) is 8.42 Å². The van der Waals surface area contributed by atoms with Crippen LogP contribution in [0.5, 0.6) is 0 Å². The molecule has 0 aromatic heterocycles. The van der Waals surface area contributed by atoms with Crippen LogP contribution in [0.1, 0.15) is 34.0 Å². The van der Waals surface area contributed by atoms with Crippen LogP contribution in [-0.2, 0) is 32.6 Å². The summed E-state index contributed by atoms with van der Waals surface area (Å²) in [5.41, 5.74) is 3.23. The molecule has 3 rings (SSSR count). The first-order chi connectivity index (χ1) is 18.0. The molecule has 1 atom stereocenters. The van der Waals surface area contributed by atoms with Crippen molar-refractivity contribution in [2.45, 2.75) is 32.9 Å². The zero-order chi connectivity index (χ0) is 27.9. The van der Waals surface area contributed by atoms with Crippen molar-refractivity contribution >= 4 is 33.3 Å². The van der Waals surface area contributed by atoms with Gasteiger partial charge in [0.25, 0.3) is 0 Å². The average Bonchev–Trinajstić information content (AvgIpc) is 2.89. The molecule has 2 amide bonds. The molecule has 0 aliphatic carbocycles. The number of hydrogen-bond donors (Lipinski definition) is 1. The number of nitrogens with one attached hydrogen (secondary N) is 1. The van der Waals surface area contributed by atoms with Crippen LogP contribution in [0.3, 0.4) is 0 Å². The van der Waals surface area contributed by atoms with Crippen LogP contribution in [-0.4, -0.2) is 56.8 Å². The second-order valence-corrected chi connectivity index (χ2v) is 11.1. The lowest BCUT2D eigenvalue weighted by Crippen LogP contribution is -2.52. The van der Waals surface area contributed by atoms with Gasteiger partial charge in [0.15, 0.2) is 5.78 Å². The summed E-state index contributed by atoms with van der Waals surface area (Å²) in [6.45, 7) is 2.91. The minimum atomic E-state index is -3.90. The Bertz CT molecular complexity index is 1390. The number of anilines is 1. The third kappa shape index (κ3) is 7.52. The van der Waals surface area contributed by atoms with Gasteiger partial charge >= 0.3 is 0 Å². The van der Waals surface area contributed by atoms with E-state index >= 15 is 0 Å². The lowest BCUT2D eigenvalue weighted by Gasteiger charge is -2.33. The smallest absolute Gasteiger partial charge is 0.244 e. The molecule has 0 aliphatic heterocycles. The molecule has 0 saturated carbocycles. The van der Waals surface area contributed by atoms with Crippen LogP contribution in [0.15, 0.2) is 78.9 Å². The van der Waals surface area contributed by atoms with E-state index in [0.717, 1.165) is 27.3 Å². The standard InChI is InChI=1S/C29H33N3O5S/c1-21-13-15-24(16-14-21)19-31(27(29(35)30-3)17-23-9-6-5-7-10-23)28(34)20-32(38(4,36)37)26-12-8-11-25(18-26)22(2)33/h5-16,18,27H,17,19-20H2,1-4H3,(H,30,35). The molecule has 3 aromatic carbocycles. The summed E-state index contributed by atoms with van der Waals surface area (Å²) in [6, 6.07) is 22.2. The third-order valence-electron chi connectivity index (χ3n) is 6.21. The van der Waals surface area contributed by atoms with Crippen molar-refractivity contribution in [3.8, 4) is 0 Å². The predicted molar refractivity (Wildman–Crippen MR) is 148 cm³/mol. The van der Waals surface area contributed by atoms with Gasteiger partial charge in [-0.2, -0.15) is 0 Å². The van der Waals surface area contributed by atoms with E-state index in [0.29, 0.717) is 5.56 Å². The maximum Gasteiger partial charge on any atom is 0.244 e. The van der Waals surface area contributed by atoms with Crippen LogP contribution in [0.4, 0.5) is 5.69 Å². The van der Waals surface area contributed by atoms with Crippen molar-refractivity contribution in [1.29, 1.82) is 0 Å². The van der Waals surface area contributed by atoms with Gasteiger partial charge in [-0.15, -0.1) is 0 Å². The van der Waals surface area contributed by atoms with Gasteiger partial charge in [0.05, 0.1) is 11.9 Å². The lowest BCUT2D eigenvalue weighted by molar-refractivity contribution is -0.139. The molecule has 0 saturated heterocycles. The number of carbonyl (C=O) groups excluding carboxylic acids is 3. The van der Waals surface area contributed by atoms with Crippen LogP contribution < -0.4 is 9.62 Å². The quantitative estimate of drug-likeness (QED) is 0.379. The molecule has 0 radical (unpaired) electrons. The Labute approximate surface area is 224 Å². The van der Waals surface area contributed by atoms with Crippen LogP contribution in [0.25, 0.3) is 0 Å². The van der Waals surface area contributed by atoms with Gasteiger partial charge in [0.1, 0.15) is 12.6 Å². The van der Waals surface area contributed by atoms with Gasteiger partial charge < -0.3 is 10.2 Å². The maximum absolute atomic E-state index is 13.9. The Kier molecular flexibility index (Phi) is 9.41. The van der Waals surface area contributed by atoms with E-state index in [1.807, 2.05) is 61.5 Å². The number of hydrogen-bond acceptors (Lipinski definition) is 5. The molecule has 1 N–H and O–H groups in total. The highest BCUT2D eigenvalue weighted by Crippen LogP contribution is 2.22. The predicted octanol–water partition coefficient (Wildman–Crippen LogP) is 3.35. The van der Waals surface area contributed by atoms with E-state index in [4.69, 9.17) is 0 Å². The summed E-state index contributed by atoms with van der Waals surface area (Å²) in [6.07, 6.45) is 1.25. The van der Waals surface area contributed by atoms with Crippen molar-refractivity contribution in [3.63, 3.8) is 0 Å². The maximum atomic E-state index is 13.9. The highest BCUT2D eigenvalue weighted by atomic mass is 32.2. The molecule has 1 unspecified atom stereocenters. The Morgan fingerprint density at radius 3 is 2.13 bits per heavy atom. The second kappa shape index (κ2) is 12.5. The number of nitrogens with zero attached hydrogens (tertiary/aromatic N) is 2. The summed E-state index contributed by atoms with van der Waals surface area (Å²) in [7, 11) is -2.40. The minimum Gasteiger partial charge on any atom is -0.357 e. The highest BCUT2D eigenvalue weighted by molar-refractivity contribution is 7.92. The van der Waals surface area contributed by atoms with E-state index < -0.39 is 28.5 Å². The zero-order valence-electron chi connectivity index (χ0n) is 22.0. The molecular weight excluding hydrogens is 502 g/mol. The number of amides is 2. The molecular formula is C29H33N3O5S. The molecule has 0 fully saturated rings. The summed E-state index contributed by atoms with van der Waals surface area (Å²) in [5.74, 6) is -1.14. The molecule has 0 aliphatic rings. The van der Waals surface area contributed by atoms with Crippen molar-refractivity contribution in [2.75, 3.05) is 24.2 Å². The molecule has 0 spiro atoms. The summed E-state index contributed by atoms with van der Waals surface area (Å²) < 4.78 is 26.6. The molecule has 38 heavy (non-hydrogen) atoms. The van der Waals surface area contributed by atoms with Crippen molar-refractivity contribution in [1.82, 2.24) is 10.2 Å². The van der Waals surface area contributed by atoms with Crippen molar-refractivity contribution < 1.29 is 22.8 Å². The van der Waals surface area contributed by atoms with Crippen LogP contribution >= 0.6 is 0 Å². The van der Waals surface area contributed by atoms with Gasteiger partial charge in [0.2, 0.25) is 21.8 Å². The number of Topliss-reactive ketones (excluding diaryl/α,β-unsaturated/α-hetero) is 1. The third-order valence-corrected chi connectivity index (χ3v) is 7.35. The van der Waals surface area contributed by atoms with Crippen LogP contribution in [0.2, 0.25) is 0 Å². The highest BCUT2D eigenvalue weighted by Gasteiger charge is 2.32. The SMILES string of the molecule is CNC(=O)C(Cc1ccccc1)N(Cc1ccc(C)cc1)C(=O)CN(c1cccc(C(C)=O)c1)S(C)(=O)=O. The first kappa shape index (κ1) is 28.6. The normalized spacial score (nSPS) is 11.9. The van der Waals surface area contributed by atoms with Gasteiger partial charge in [-0.3, -0.25) is 18.7 Å². The number of aryl methyl sites for hydroxylation is 1. The number of sulfonamides is 1. The Hall–Kier alpha value is -3.98. The van der Waals surface area contributed by atoms with Gasteiger partial charge in [0, 0.05) is 25.6 Å². The lowest BCUT2D eigenvalue weighted by atomic mass is 10.0. The van der Waals surface area contributed by atoms with Gasteiger partial charge in [-0.1, -0.05) is 72.3 Å². The average molecular weight is 536 g/mol. The molecule has 200 valence electrons. The Balaban J connectivity index is 2.03. The number of likely N-dealkylation sites (N-methyl/N-ethyl adjacent to an activating group) is 1. The van der Waals surface area contributed by atoms with E-state index in [-0.39, 0.29) is 30.3 Å². The number of carbonyl (C=O) groups is 3. The van der Waals surface area contributed by atoms with E-state index in [2.05, 4.69) is 5.32 Å². The molecule has 0 bridgehead atoms. The summed E-state index contributed by atoms with van der Waals surface area (Å²) >= 11 is 0. The largest absolute Gasteiger partial charge is 0.357 e. The second-order valence-electron chi connectivity index (χ2n) is 9.20. The fraction of sp³-hybridized carbons (Fsp3) is 0.276. The zero-order valence-corrected chi connectivity index (χ0v) is 22.9. The fourth-order valence-electron chi connectivity index (χ4n) is 4.10. The Morgan fingerprint density at radius 1 is 0.895 bits per heavy atom. The first-order valence-corrected chi connectivity index (χ1v) is 14.0. The minimum absolute atomic E-state index is 0.106. The van der Waals surface area contributed by atoms with Crippen molar-refractivity contribution in [2.24, 2.45) is 0 Å². The fourth-order valence-corrected chi connectivity index (χ4v) is 4.95. The van der Waals surface area contributed by atoms with Gasteiger partial charge in [-0.05, 0) is 37.1 Å². The molecule has 9 heteroatoms. The van der Waals surface area contributed by atoms with E-state index in [9.17, 15) is 22.8 Å². The molecule has 3 aromatic rings. The monoisotopic (exact) mass is 535 g/mol. The Morgan fingerprint density at radius 2 is 1.55 bits per heavy atom. The number of rotatable bonds is 11. The topological polar surface area (TPSA) is 104 Å². The molecule has 0 heterocycles. The molecule has 8 nitrogen and oxygen atoms in total. The number of ketones is 1. The van der Waals surface area contributed by atoms with Crippen molar-refractivity contribution in [3.05, 3.63) is 101 Å². The van der Waals surface area contributed by atoms with Crippen LogP contribution in [0, 0.1) is 6.92 Å². The van der Waals surface area contributed by atoms with E-state index in [1.165, 1.54) is 31.0 Å². The van der Waals surface area contributed by atoms with E-state index in [1.54, 1.807) is 12.1 Å².